The molecule has 1 amide bonds. The highest BCUT2D eigenvalue weighted by molar-refractivity contribution is 5.77. The fourth-order valence-electron chi connectivity index (χ4n) is 4.57. The summed E-state index contributed by atoms with van der Waals surface area (Å²) in [5.74, 6) is 1.56. The van der Waals surface area contributed by atoms with E-state index in [-0.39, 0.29) is 24.3 Å². The largest absolute Gasteiger partial charge is 0.396 e. The predicted octanol–water partition coefficient (Wildman–Crippen LogP) is 1.36. The van der Waals surface area contributed by atoms with Gasteiger partial charge in [0, 0.05) is 32.6 Å². The molecular weight excluding hydrogens is 344 g/mol. The molecule has 7 heteroatoms. The number of benzene rings is 1. The van der Waals surface area contributed by atoms with E-state index in [0.29, 0.717) is 30.7 Å². The molecule has 2 aliphatic heterocycles. The van der Waals surface area contributed by atoms with Gasteiger partial charge in [-0.05, 0) is 31.4 Å². The van der Waals surface area contributed by atoms with Crippen LogP contribution in [0.4, 0.5) is 0 Å². The van der Waals surface area contributed by atoms with Gasteiger partial charge in [-0.2, -0.15) is 4.98 Å². The van der Waals surface area contributed by atoms with Crippen molar-refractivity contribution in [2.24, 2.45) is 5.92 Å². The van der Waals surface area contributed by atoms with Crippen molar-refractivity contribution < 1.29 is 14.4 Å². The van der Waals surface area contributed by atoms with Gasteiger partial charge in [-0.25, -0.2) is 0 Å². The number of fused-ring (bicyclic) bond motifs is 1. The van der Waals surface area contributed by atoms with Crippen LogP contribution in [0.5, 0.6) is 0 Å². The number of aliphatic hydroxyl groups is 1. The van der Waals surface area contributed by atoms with Gasteiger partial charge in [0.2, 0.25) is 11.8 Å². The first kappa shape index (κ1) is 18.1. The molecule has 0 spiro atoms. The summed E-state index contributed by atoms with van der Waals surface area (Å²) in [7, 11) is 0. The number of likely N-dealkylation sites (tertiary alicyclic amines) is 2. The minimum Gasteiger partial charge on any atom is -0.396 e. The number of carbonyl (C=O) groups is 1. The molecule has 2 atom stereocenters. The van der Waals surface area contributed by atoms with Crippen LogP contribution >= 0.6 is 0 Å². The summed E-state index contributed by atoms with van der Waals surface area (Å²) in [6.07, 6.45) is 1.15. The van der Waals surface area contributed by atoms with Gasteiger partial charge in [-0.3, -0.25) is 9.69 Å². The summed E-state index contributed by atoms with van der Waals surface area (Å²) in [5, 5.41) is 13.2. The second-order valence-corrected chi connectivity index (χ2v) is 7.73. The average molecular weight is 370 g/mol. The summed E-state index contributed by atoms with van der Waals surface area (Å²) < 4.78 is 5.62. The molecule has 1 aromatic heterocycles. The highest BCUT2D eigenvalue weighted by atomic mass is 16.5. The van der Waals surface area contributed by atoms with Gasteiger partial charge in [0.15, 0.2) is 5.82 Å². The molecule has 0 radical (unpaired) electrons. The molecule has 144 valence electrons. The molecule has 3 heterocycles. The molecule has 2 saturated heterocycles. The lowest BCUT2D eigenvalue weighted by Crippen LogP contribution is -2.51. The molecule has 0 bridgehead atoms. The molecule has 1 aromatic carbocycles. The Bertz CT molecular complexity index is 794. The van der Waals surface area contributed by atoms with Crippen LogP contribution in [-0.4, -0.2) is 63.7 Å². The van der Waals surface area contributed by atoms with Gasteiger partial charge in [0.25, 0.3) is 0 Å². The second-order valence-electron chi connectivity index (χ2n) is 7.73. The number of piperidine rings is 1. The Kier molecular flexibility index (Phi) is 4.97. The minimum atomic E-state index is -0.334. The first-order chi connectivity index (χ1) is 13.1. The van der Waals surface area contributed by atoms with E-state index in [1.807, 2.05) is 17.9 Å². The molecule has 2 fully saturated rings. The van der Waals surface area contributed by atoms with E-state index in [9.17, 15) is 4.79 Å². The topological polar surface area (TPSA) is 82.7 Å². The maximum absolute atomic E-state index is 12.4. The van der Waals surface area contributed by atoms with Crippen LogP contribution in [0, 0.1) is 12.8 Å². The quantitative estimate of drug-likeness (QED) is 0.856. The van der Waals surface area contributed by atoms with Crippen LogP contribution < -0.4 is 0 Å². The lowest BCUT2D eigenvalue weighted by atomic mass is 9.73. The Morgan fingerprint density at radius 2 is 2.15 bits per heavy atom. The monoisotopic (exact) mass is 370 g/mol. The van der Waals surface area contributed by atoms with Crippen LogP contribution in [0.25, 0.3) is 0 Å². The average Bonchev–Trinajstić information content (AvgIpc) is 3.27. The van der Waals surface area contributed by atoms with Gasteiger partial charge in [0.1, 0.15) is 0 Å². The lowest BCUT2D eigenvalue weighted by molar-refractivity contribution is -0.131. The van der Waals surface area contributed by atoms with Crippen molar-refractivity contribution in [1.29, 1.82) is 0 Å². The molecule has 0 aliphatic carbocycles. The van der Waals surface area contributed by atoms with Gasteiger partial charge >= 0.3 is 0 Å². The Balaban J connectivity index is 1.60. The number of nitrogens with zero attached hydrogens (tertiary/aromatic N) is 4. The Morgan fingerprint density at radius 3 is 2.85 bits per heavy atom. The smallest absolute Gasteiger partial charge is 0.236 e. The number of hydrogen-bond acceptors (Lipinski definition) is 6. The van der Waals surface area contributed by atoms with E-state index in [2.05, 4.69) is 39.3 Å². The molecule has 4 rings (SSSR count). The molecule has 27 heavy (non-hydrogen) atoms. The van der Waals surface area contributed by atoms with E-state index < -0.39 is 0 Å². The zero-order valence-electron chi connectivity index (χ0n) is 15.7. The van der Waals surface area contributed by atoms with Crippen molar-refractivity contribution in [1.82, 2.24) is 19.9 Å². The van der Waals surface area contributed by atoms with Crippen molar-refractivity contribution in [3.8, 4) is 0 Å². The van der Waals surface area contributed by atoms with E-state index in [0.717, 1.165) is 26.1 Å². The number of aromatic nitrogens is 2. The Morgan fingerprint density at radius 1 is 1.33 bits per heavy atom. The summed E-state index contributed by atoms with van der Waals surface area (Å²) >= 11 is 0. The zero-order chi connectivity index (χ0) is 18.9. The van der Waals surface area contributed by atoms with Crippen LogP contribution in [0.3, 0.4) is 0 Å². The lowest BCUT2D eigenvalue weighted by Gasteiger charge is -2.41. The molecule has 1 N–H and O–H groups in total. The Labute approximate surface area is 159 Å². The van der Waals surface area contributed by atoms with Crippen LogP contribution in [0.2, 0.25) is 0 Å². The summed E-state index contributed by atoms with van der Waals surface area (Å²) in [6.45, 7) is 5.61. The molecular formula is C20H26N4O3. The standard InChI is InChI=1S/C20H26N4O3/c1-15-21-19(27-22-15)20-13-23(11-16-5-3-2-4-6-16)9-7-17(20)12-24(14-20)18(26)8-10-25/h2-6,17,25H,7-14H2,1H3/t17-,20-/m0/s1. The third kappa shape index (κ3) is 3.49. The SMILES string of the molecule is Cc1noc([C@]23CN(Cc4ccccc4)CC[C@H]2CN(C(=O)CCO)C3)n1. The number of carbonyl (C=O) groups excluding carboxylic acids is 1. The molecule has 7 nitrogen and oxygen atoms in total. The summed E-state index contributed by atoms with van der Waals surface area (Å²) in [6, 6.07) is 10.4. The number of aryl methyl sites for hydroxylation is 1. The minimum absolute atomic E-state index is 0.00267. The molecule has 0 saturated carbocycles. The van der Waals surface area contributed by atoms with Crippen LogP contribution in [0.1, 0.15) is 30.1 Å². The van der Waals surface area contributed by atoms with Crippen molar-refractivity contribution in [3.05, 3.63) is 47.6 Å². The first-order valence-corrected chi connectivity index (χ1v) is 9.56. The van der Waals surface area contributed by atoms with Gasteiger partial charge in [-0.15, -0.1) is 0 Å². The third-order valence-corrected chi connectivity index (χ3v) is 5.88. The Hall–Kier alpha value is -2.25. The van der Waals surface area contributed by atoms with Gasteiger partial charge in [0.05, 0.1) is 12.0 Å². The van der Waals surface area contributed by atoms with E-state index in [1.54, 1.807) is 0 Å². The van der Waals surface area contributed by atoms with Crippen molar-refractivity contribution in [3.63, 3.8) is 0 Å². The number of amides is 1. The number of rotatable bonds is 5. The summed E-state index contributed by atoms with van der Waals surface area (Å²) in [5.41, 5.74) is 0.943. The number of aliphatic hydroxyl groups excluding tert-OH is 1. The normalized spacial score (nSPS) is 25.6. The zero-order valence-corrected chi connectivity index (χ0v) is 15.7. The fraction of sp³-hybridized carbons (Fsp3) is 0.550. The van der Waals surface area contributed by atoms with Crippen LogP contribution in [0.15, 0.2) is 34.9 Å². The molecule has 2 aliphatic rings. The second kappa shape index (κ2) is 7.40. The number of hydrogen-bond donors (Lipinski definition) is 1. The highest BCUT2D eigenvalue weighted by Crippen LogP contribution is 2.44. The van der Waals surface area contributed by atoms with Crippen LogP contribution in [-0.2, 0) is 16.8 Å². The maximum Gasteiger partial charge on any atom is 0.236 e. The van der Waals surface area contributed by atoms with Gasteiger partial charge < -0.3 is 14.5 Å². The van der Waals surface area contributed by atoms with E-state index in [1.165, 1.54) is 5.56 Å². The predicted molar refractivity (Wildman–Crippen MR) is 98.8 cm³/mol. The fourth-order valence-corrected chi connectivity index (χ4v) is 4.57. The van der Waals surface area contributed by atoms with Crippen molar-refractivity contribution >= 4 is 5.91 Å². The molecule has 0 unspecified atom stereocenters. The molecule has 2 aromatic rings. The van der Waals surface area contributed by atoms with Crippen molar-refractivity contribution in [2.75, 3.05) is 32.8 Å². The third-order valence-electron chi connectivity index (χ3n) is 5.88. The van der Waals surface area contributed by atoms with E-state index >= 15 is 0 Å². The highest BCUT2D eigenvalue weighted by Gasteiger charge is 2.55. The van der Waals surface area contributed by atoms with Crippen molar-refractivity contribution in [2.45, 2.75) is 31.7 Å². The first-order valence-electron chi connectivity index (χ1n) is 9.56. The summed E-state index contributed by atoms with van der Waals surface area (Å²) in [4.78, 5) is 21.3. The van der Waals surface area contributed by atoms with Gasteiger partial charge in [-0.1, -0.05) is 35.5 Å². The van der Waals surface area contributed by atoms with E-state index in [4.69, 9.17) is 9.63 Å². The maximum atomic E-state index is 12.4.